The number of thiophene rings is 1. The molecule has 9 heteroatoms. The zero-order valence-electron chi connectivity index (χ0n) is 18.1. The molecule has 2 N–H and O–H groups in total. The zero-order chi connectivity index (χ0) is 23.6. The van der Waals surface area contributed by atoms with Gasteiger partial charge < -0.3 is 10.3 Å². The lowest BCUT2D eigenvalue weighted by Gasteiger charge is -2.10. The topological polar surface area (TPSA) is 79.0 Å². The van der Waals surface area contributed by atoms with E-state index in [-0.39, 0.29) is 15.5 Å². The smallest absolute Gasteiger partial charge is 0.269 e. The first-order valence-electron chi connectivity index (χ1n) is 10.3. The maximum absolute atomic E-state index is 13.7. The summed E-state index contributed by atoms with van der Waals surface area (Å²) in [6, 6.07) is 14.2. The predicted octanol–water partition coefficient (Wildman–Crippen LogP) is 6.24. The summed E-state index contributed by atoms with van der Waals surface area (Å²) in [6.45, 7) is 4.14. The van der Waals surface area contributed by atoms with Crippen LogP contribution in [0.2, 0.25) is 5.02 Å². The average Bonchev–Trinajstić information content (AvgIpc) is 3.40. The van der Waals surface area contributed by atoms with E-state index in [0.29, 0.717) is 22.5 Å². The third kappa shape index (κ3) is 5.30. The second-order valence-electron chi connectivity index (χ2n) is 7.74. The molecule has 5 nitrogen and oxygen atoms in total. The summed E-state index contributed by atoms with van der Waals surface area (Å²) >= 11 is 9.60. The summed E-state index contributed by atoms with van der Waals surface area (Å²) in [5.74, 6) is 0.406. The summed E-state index contributed by atoms with van der Waals surface area (Å²) < 4.78 is 28.7. The quantitative estimate of drug-likeness (QED) is 0.213. The van der Waals surface area contributed by atoms with E-state index in [9.17, 15) is 13.2 Å². The Labute approximate surface area is 206 Å². The highest BCUT2D eigenvalue weighted by atomic mass is 35.5. The molecule has 0 saturated heterocycles. The summed E-state index contributed by atoms with van der Waals surface area (Å²) in [5, 5.41) is 5.70. The summed E-state index contributed by atoms with van der Waals surface area (Å²) in [7, 11) is -3.98. The van der Waals surface area contributed by atoms with Crippen LogP contribution in [0.25, 0.3) is 10.9 Å². The lowest BCUT2D eigenvalue weighted by molar-refractivity contribution is 0.0946. The van der Waals surface area contributed by atoms with Gasteiger partial charge in [0, 0.05) is 28.2 Å². The molecule has 0 fully saturated rings. The molecule has 1 amide bonds. The number of carbonyl (C=O) groups excluding carboxylic acids is 1. The number of thioether (sulfide) groups is 1. The number of amides is 1. The van der Waals surface area contributed by atoms with E-state index in [0.717, 1.165) is 23.3 Å². The fraction of sp³-hybridized carbons (Fsp3) is 0.208. The van der Waals surface area contributed by atoms with Crippen molar-refractivity contribution in [3.63, 3.8) is 0 Å². The zero-order valence-corrected chi connectivity index (χ0v) is 21.4. The van der Waals surface area contributed by atoms with E-state index in [1.54, 1.807) is 53.4 Å². The molecule has 0 saturated carbocycles. The number of hydrogen-bond acceptors (Lipinski definition) is 5. The van der Waals surface area contributed by atoms with Gasteiger partial charge in [0.25, 0.3) is 5.91 Å². The maximum atomic E-state index is 13.7. The van der Waals surface area contributed by atoms with Gasteiger partial charge in [0.1, 0.15) is 10.6 Å². The van der Waals surface area contributed by atoms with Crippen molar-refractivity contribution < 1.29 is 13.2 Å². The number of aromatic amines is 1. The fourth-order valence-electron chi connectivity index (χ4n) is 3.67. The van der Waals surface area contributed by atoms with Gasteiger partial charge in [0.15, 0.2) is 0 Å². The second kappa shape index (κ2) is 9.93. The lowest BCUT2D eigenvalue weighted by Crippen LogP contribution is -2.26. The standard InChI is InChI=1S/C24H23ClN2O3S3/c1-15-11-16(2)13-18(12-15)33(29,30)23-19-14-17(25)6-7-20(19)27-22(23)24(28)26-8-4-10-32-21-5-3-9-31-21/h3,5-7,9,11-14,27H,4,8,10H2,1-2H3,(H,26,28). The number of H-pyrrole nitrogens is 1. The van der Waals surface area contributed by atoms with E-state index >= 15 is 0 Å². The SMILES string of the molecule is Cc1cc(C)cc(S(=O)(=O)c2c(C(=O)NCCCSc3cccs3)[nH]c3ccc(Cl)cc23)c1. The van der Waals surface area contributed by atoms with Crippen molar-refractivity contribution in [3.05, 3.63) is 75.8 Å². The Kier molecular flexibility index (Phi) is 7.19. The number of carbonyl (C=O) groups is 1. The highest BCUT2D eigenvalue weighted by Gasteiger charge is 2.30. The van der Waals surface area contributed by atoms with Crippen molar-refractivity contribution in [1.29, 1.82) is 0 Å². The molecular weight excluding hydrogens is 496 g/mol. The van der Waals surface area contributed by atoms with E-state index < -0.39 is 15.7 Å². The Morgan fingerprint density at radius 3 is 2.58 bits per heavy atom. The molecule has 0 unspecified atom stereocenters. The van der Waals surface area contributed by atoms with Crippen molar-refractivity contribution >= 4 is 61.3 Å². The van der Waals surface area contributed by atoms with Gasteiger partial charge in [-0.1, -0.05) is 23.7 Å². The number of nitrogens with one attached hydrogen (secondary N) is 2. The molecule has 4 rings (SSSR count). The van der Waals surface area contributed by atoms with Crippen molar-refractivity contribution in [2.75, 3.05) is 12.3 Å². The van der Waals surface area contributed by atoms with Crippen molar-refractivity contribution in [2.45, 2.75) is 34.3 Å². The molecule has 0 aliphatic heterocycles. The molecule has 33 heavy (non-hydrogen) atoms. The Balaban J connectivity index is 1.64. The molecule has 2 aromatic heterocycles. The Hall–Kier alpha value is -2.26. The van der Waals surface area contributed by atoms with Crippen LogP contribution in [0.15, 0.2) is 67.9 Å². The third-order valence-corrected chi connectivity index (χ3v) is 9.33. The first kappa shape index (κ1) is 23.9. The number of benzene rings is 2. The van der Waals surface area contributed by atoms with Crippen LogP contribution in [0.5, 0.6) is 0 Å². The Morgan fingerprint density at radius 2 is 1.88 bits per heavy atom. The molecule has 0 bridgehead atoms. The minimum atomic E-state index is -3.98. The van der Waals surface area contributed by atoms with Crippen LogP contribution in [-0.2, 0) is 9.84 Å². The maximum Gasteiger partial charge on any atom is 0.269 e. The fourth-order valence-corrected chi connectivity index (χ4v) is 7.43. The molecule has 0 radical (unpaired) electrons. The minimum absolute atomic E-state index is 0.0253. The number of aryl methyl sites for hydroxylation is 2. The minimum Gasteiger partial charge on any atom is -0.351 e. The van der Waals surface area contributed by atoms with E-state index in [2.05, 4.69) is 16.4 Å². The van der Waals surface area contributed by atoms with Crippen LogP contribution < -0.4 is 5.32 Å². The van der Waals surface area contributed by atoms with Gasteiger partial charge in [-0.15, -0.1) is 23.1 Å². The molecule has 0 atom stereocenters. The van der Waals surface area contributed by atoms with Gasteiger partial charge in [-0.05, 0) is 73.2 Å². The van der Waals surface area contributed by atoms with Crippen LogP contribution in [-0.4, -0.2) is 31.6 Å². The number of rotatable bonds is 8. The lowest BCUT2D eigenvalue weighted by atomic mass is 10.2. The first-order valence-corrected chi connectivity index (χ1v) is 14.1. The van der Waals surface area contributed by atoms with Crippen molar-refractivity contribution in [3.8, 4) is 0 Å². The van der Waals surface area contributed by atoms with Crippen LogP contribution in [0, 0.1) is 13.8 Å². The van der Waals surface area contributed by atoms with Gasteiger partial charge in [0.2, 0.25) is 9.84 Å². The molecular formula is C24H23ClN2O3S3. The van der Waals surface area contributed by atoms with Gasteiger partial charge in [-0.2, -0.15) is 0 Å². The number of fused-ring (bicyclic) bond motifs is 1. The molecule has 0 aliphatic carbocycles. The molecule has 2 aromatic carbocycles. The van der Waals surface area contributed by atoms with Gasteiger partial charge in [-0.25, -0.2) is 8.42 Å². The van der Waals surface area contributed by atoms with E-state index in [1.165, 1.54) is 4.21 Å². The number of aromatic nitrogens is 1. The summed E-state index contributed by atoms with van der Waals surface area (Å²) in [4.78, 5) is 16.2. The predicted molar refractivity (Wildman–Crippen MR) is 137 cm³/mol. The van der Waals surface area contributed by atoms with Crippen LogP contribution in [0.4, 0.5) is 0 Å². The summed E-state index contributed by atoms with van der Waals surface area (Å²) in [6.07, 6.45) is 0.763. The molecule has 172 valence electrons. The van der Waals surface area contributed by atoms with E-state index in [1.807, 2.05) is 31.4 Å². The van der Waals surface area contributed by atoms with Crippen LogP contribution >= 0.6 is 34.7 Å². The van der Waals surface area contributed by atoms with Gasteiger partial charge in [0.05, 0.1) is 9.10 Å². The second-order valence-corrected chi connectivity index (χ2v) is 12.4. The van der Waals surface area contributed by atoms with Crippen molar-refractivity contribution in [2.24, 2.45) is 0 Å². The highest BCUT2D eigenvalue weighted by molar-refractivity contribution is 8.01. The Morgan fingerprint density at radius 1 is 1.12 bits per heavy atom. The van der Waals surface area contributed by atoms with Gasteiger partial charge in [-0.3, -0.25) is 4.79 Å². The Bertz CT molecular complexity index is 1390. The summed E-state index contributed by atoms with van der Waals surface area (Å²) in [5.41, 5.74) is 2.24. The highest BCUT2D eigenvalue weighted by Crippen LogP contribution is 2.34. The number of halogens is 1. The number of sulfone groups is 1. The van der Waals surface area contributed by atoms with Crippen LogP contribution in [0.3, 0.4) is 0 Å². The van der Waals surface area contributed by atoms with Crippen molar-refractivity contribution in [1.82, 2.24) is 10.3 Å². The monoisotopic (exact) mass is 518 g/mol. The largest absolute Gasteiger partial charge is 0.351 e. The van der Waals surface area contributed by atoms with Gasteiger partial charge >= 0.3 is 0 Å². The van der Waals surface area contributed by atoms with Crippen LogP contribution in [0.1, 0.15) is 28.0 Å². The molecule has 0 spiro atoms. The molecule has 4 aromatic rings. The molecule has 2 heterocycles. The normalized spacial score (nSPS) is 11.7. The van der Waals surface area contributed by atoms with E-state index in [4.69, 9.17) is 11.6 Å². The average molecular weight is 519 g/mol. The number of hydrogen-bond donors (Lipinski definition) is 2. The first-order chi connectivity index (χ1) is 15.8. The third-order valence-electron chi connectivity index (χ3n) is 5.06. The molecule has 0 aliphatic rings.